The van der Waals surface area contributed by atoms with Gasteiger partial charge in [-0.1, -0.05) is 19.3 Å². The van der Waals surface area contributed by atoms with Crippen molar-refractivity contribution in [1.82, 2.24) is 9.80 Å². The molecule has 7 heteroatoms. The lowest BCUT2D eigenvalue weighted by Crippen LogP contribution is -2.54. The van der Waals surface area contributed by atoms with Gasteiger partial charge in [0, 0.05) is 62.6 Å². The fourth-order valence-electron chi connectivity index (χ4n) is 5.88. The molecular weight excluding hydrogens is 433 g/mol. The molecule has 1 N–H and O–H groups in total. The van der Waals surface area contributed by atoms with Crippen LogP contribution in [0.15, 0.2) is 12.1 Å². The highest BCUT2D eigenvalue weighted by atomic mass is 19.1. The van der Waals surface area contributed by atoms with E-state index in [1.165, 1.54) is 12.1 Å². The van der Waals surface area contributed by atoms with Gasteiger partial charge in [-0.3, -0.25) is 19.3 Å². The van der Waals surface area contributed by atoms with Crippen molar-refractivity contribution < 1.29 is 18.8 Å². The number of hydrogen-bond acceptors (Lipinski definition) is 4. The van der Waals surface area contributed by atoms with Gasteiger partial charge in [0.15, 0.2) is 0 Å². The monoisotopic (exact) mass is 471 g/mol. The molecule has 1 heterocycles. The van der Waals surface area contributed by atoms with Crippen LogP contribution in [-0.4, -0.2) is 53.1 Å². The number of benzene rings is 1. The normalized spacial score (nSPS) is 24.4. The van der Waals surface area contributed by atoms with Crippen molar-refractivity contribution in [3.05, 3.63) is 29.1 Å². The first-order chi connectivity index (χ1) is 16.3. The molecule has 1 unspecified atom stereocenters. The number of halogens is 1. The van der Waals surface area contributed by atoms with Crippen LogP contribution in [0.3, 0.4) is 0 Å². The van der Waals surface area contributed by atoms with E-state index >= 15 is 0 Å². The number of ketones is 1. The summed E-state index contributed by atoms with van der Waals surface area (Å²) in [6.45, 7) is 6.77. The summed E-state index contributed by atoms with van der Waals surface area (Å²) in [5.74, 6) is -0.174. The molecule has 4 rings (SSSR count). The number of Topliss-reactive ketones (excluding diaryl/α,β-unsaturated/α-hetero) is 1. The van der Waals surface area contributed by atoms with Gasteiger partial charge in [-0.2, -0.15) is 0 Å². The molecule has 3 fully saturated rings. The maximum Gasteiger partial charge on any atom is 0.226 e. The fourth-order valence-corrected chi connectivity index (χ4v) is 5.88. The van der Waals surface area contributed by atoms with Gasteiger partial charge in [0.05, 0.1) is 0 Å². The first-order valence-electron chi connectivity index (χ1n) is 13.0. The topological polar surface area (TPSA) is 69.7 Å². The third-order valence-electron chi connectivity index (χ3n) is 7.96. The summed E-state index contributed by atoms with van der Waals surface area (Å²) in [4.78, 5) is 41.9. The Hall–Kier alpha value is -2.28. The summed E-state index contributed by atoms with van der Waals surface area (Å²) in [6, 6.07) is 3.03. The largest absolute Gasteiger partial charge is 0.337 e. The maximum atomic E-state index is 14.5. The average Bonchev–Trinajstić information content (AvgIpc) is 3.33. The lowest BCUT2D eigenvalue weighted by atomic mass is 9.85. The van der Waals surface area contributed by atoms with Gasteiger partial charge >= 0.3 is 0 Å². The van der Waals surface area contributed by atoms with Crippen molar-refractivity contribution in [2.45, 2.75) is 84.2 Å². The molecule has 2 saturated carbocycles. The van der Waals surface area contributed by atoms with Crippen molar-refractivity contribution in [3.8, 4) is 0 Å². The Morgan fingerprint density at radius 2 is 1.82 bits per heavy atom. The van der Waals surface area contributed by atoms with Crippen LogP contribution in [-0.2, 0) is 20.9 Å². The minimum absolute atomic E-state index is 0.128. The number of hydrogen-bond donors (Lipinski definition) is 1. The third kappa shape index (κ3) is 5.85. The molecule has 186 valence electrons. The van der Waals surface area contributed by atoms with Crippen molar-refractivity contribution in [1.29, 1.82) is 0 Å². The highest BCUT2D eigenvalue weighted by Crippen LogP contribution is 2.29. The van der Waals surface area contributed by atoms with Crippen LogP contribution in [0, 0.1) is 24.6 Å². The SMILES string of the molecule is Cc1c(CN2CCN(C(=O)C3CCCC3)[C@@H](C)C2)cc(F)cc1NC(=O)CC1CCCCC1=O. The zero-order valence-corrected chi connectivity index (χ0v) is 20.6. The summed E-state index contributed by atoms with van der Waals surface area (Å²) in [7, 11) is 0. The van der Waals surface area contributed by atoms with E-state index in [9.17, 15) is 18.8 Å². The van der Waals surface area contributed by atoms with E-state index in [4.69, 9.17) is 0 Å². The molecule has 0 bridgehead atoms. The number of anilines is 1. The van der Waals surface area contributed by atoms with E-state index < -0.39 is 0 Å². The Morgan fingerprint density at radius 1 is 1.09 bits per heavy atom. The van der Waals surface area contributed by atoms with Gasteiger partial charge in [0.2, 0.25) is 11.8 Å². The number of rotatable bonds is 6. The number of nitrogens with one attached hydrogen (secondary N) is 1. The van der Waals surface area contributed by atoms with E-state index in [0.717, 1.165) is 69.2 Å². The molecule has 3 aliphatic rings. The smallest absolute Gasteiger partial charge is 0.226 e. The van der Waals surface area contributed by atoms with Crippen molar-refractivity contribution in [3.63, 3.8) is 0 Å². The molecular formula is C27H38FN3O3. The molecule has 2 amide bonds. The summed E-state index contributed by atoms with van der Waals surface area (Å²) in [6.07, 6.45) is 7.69. The lowest BCUT2D eigenvalue weighted by molar-refractivity contribution is -0.140. The van der Waals surface area contributed by atoms with E-state index in [1.807, 2.05) is 11.8 Å². The van der Waals surface area contributed by atoms with Crippen LogP contribution in [0.1, 0.15) is 75.8 Å². The average molecular weight is 472 g/mol. The minimum Gasteiger partial charge on any atom is -0.337 e. The van der Waals surface area contributed by atoms with Crippen LogP contribution in [0.4, 0.5) is 10.1 Å². The third-order valence-corrected chi connectivity index (χ3v) is 7.96. The van der Waals surface area contributed by atoms with E-state index in [0.29, 0.717) is 31.1 Å². The first-order valence-corrected chi connectivity index (χ1v) is 13.0. The molecule has 1 aromatic rings. The highest BCUT2D eigenvalue weighted by molar-refractivity contribution is 5.95. The van der Waals surface area contributed by atoms with Crippen molar-refractivity contribution in [2.24, 2.45) is 11.8 Å². The molecule has 0 radical (unpaired) electrons. The van der Waals surface area contributed by atoms with Crippen LogP contribution >= 0.6 is 0 Å². The van der Waals surface area contributed by atoms with Crippen LogP contribution in [0.25, 0.3) is 0 Å². The molecule has 0 spiro atoms. The van der Waals surface area contributed by atoms with Gasteiger partial charge in [-0.05, 0) is 62.8 Å². The fraction of sp³-hybridized carbons (Fsp3) is 0.667. The van der Waals surface area contributed by atoms with Crippen LogP contribution in [0.5, 0.6) is 0 Å². The second-order valence-electron chi connectivity index (χ2n) is 10.5. The zero-order chi connectivity index (χ0) is 24.2. The van der Waals surface area contributed by atoms with Gasteiger partial charge in [-0.25, -0.2) is 4.39 Å². The molecule has 1 aliphatic heterocycles. The molecule has 6 nitrogen and oxygen atoms in total. The molecule has 34 heavy (non-hydrogen) atoms. The lowest BCUT2D eigenvalue weighted by Gasteiger charge is -2.41. The van der Waals surface area contributed by atoms with Crippen molar-refractivity contribution in [2.75, 3.05) is 25.0 Å². The number of carbonyl (C=O) groups excluding carboxylic acids is 3. The van der Waals surface area contributed by atoms with E-state index in [1.54, 1.807) is 0 Å². The second kappa shape index (κ2) is 11.0. The Labute approximate surface area is 202 Å². The molecule has 1 aromatic carbocycles. The molecule has 2 aliphatic carbocycles. The summed E-state index contributed by atoms with van der Waals surface area (Å²) < 4.78 is 14.5. The number of carbonyl (C=O) groups is 3. The van der Waals surface area contributed by atoms with Crippen LogP contribution in [0.2, 0.25) is 0 Å². The van der Waals surface area contributed by atoms with Gasteiger partial charge in [0.25, 0.3) is 0 Å². The summed E-state index contributed by atoms with van der Waals surface area (Å²) in [5.41, 5.74) is 2.17. The Bertz CT molecular complexity index is 928. The van der Waals surface area contributed by atoms with Gasteiger partial charge in [-0.15, -0.1) is 0 Å². The standard InChI is InChI=1S/C27H38FN3O3/c1-18-16-30(11-12-31(18)27(34)20-7-3-4-8-20)17-22-13-23(28)15-24(19(22)2)29-26(33)14-21-9-5-6-10-25(21)32/h13,15,18,20-21H,3-12,14,16-17H2,1-2H3,(H,29,33)/t18-,21?/m0/s1. The quantitative estimate of drug-likeness (QED) is 0.666. The zero-order valence-electron chi connectivity index (χ0n) is 20.6. The summed E-state index contributed by atoms with van der Waals surface area (Å²) in [5, 5.41) is 2.86. The number of nitrogens with zero attached hydrogens (tertiary/aromatic N) is 2. The summed E-state index contributed by atoms with van der Waals surface area (Å²) >= 11 is 0. The number of amides is 2. The maximum absolute atomic E-state index is 14.5. The number of piperazine rings is 1. The minimum atomic E-state index is -0.382. The van der Waals surface area contributed by atoms with Crippen molar-refractivity contribution >= 4 is 23.3 Å². The molecule has 1 saturated heterocycles. The molecule has 2 atom stereocenters. The second-order valence-corrected chi connectivity index (χ2v) is 10.5. The molecule has 0 aromatic heterocycles. The Morgan fingerprint density at radius 3 is 2.53 bits per heavy atom. The Kier molecular flexibility index (Phi) is 8.02. The van der Waals surface area contributed by atoms with Crippen LogP contribution < -0.4 is 5.32 Å². The predicted molar refractivity (Wildman–Crippen MR) is 130 cm³/mol. The Balaban J connectivity index is 1.36. The van der Waals surface area contributed by atoms with E-state index in [-0.39, 0.29) is 41.8 Å². The van der Waals surface area contributed by atoms with Gasteiger partial charge in [0.1, 0.15) is 11.6 Å². The first kappa shape index (κ1) is 24.8. The van der Waals surface area contributed by atoms with E-state index in [2.05, 4.69) is 17.1 Å². The predicted octanol–water partition coefficient (Wildman–Crippen LogP) is 4.44. The highest BCUT2D eigenvalue weighted by Gasteiger charge is 2.33. The van der Waals surface area contributed by atoms with Gasteiger partial charge < -0.3 is 10.2 Å².